The fourth-order valence-corrected chi connectivity index (χ4v) is 1.85. The van der Waals surface area contributed by atoms with Crippen LogP contribution >= 0.6 is 11.3 Å². The third-order valence-electron chi connectivity index (χ3n) is 1.74. The number of nitrogens with zero attached hydrogens (tertiary/aromatic N) is 2. The van der Waals surface area contributed by atoms with Crippen molar-refractivity contribution in [3.05, 3.63) is 16.1 Å². The Morgan fingerprint density at radius 3 is 2.79 bits per heavy atom. The molecule has 1 heterocycles. The first-order valence-corrected chi connectivity index (χ1v) is 5.77. The van der Waals surface area contributed by atoms with Crippen molar-refractivity contribution in [3.63, 3.8) is 0 Å². The van der Waals surface area contributed by atoms with Gasteiger partial charge < -0.3 is 10.2 Å². The lowest BCUT2D eigenvalue weighted by molar-refractivity contribution is 0.397. The third-order valence-corrected chi connectivity index (χ3v) is 2.64. The maximum absolute atomic E-state index is 4.54. The lowest BCUT2D eigenvalue weighted by atomic mass is 10.4. The first-order chi connectivity index (χ1) is 6.58. The van der Waals surface area contributed by atoms with Crippen LogP contribution in [0.1, 0.15) is 24.5 Å². The second-order valence-corrected chi connectivity index (χ2v) is 4.95. The van der Waals surface area contributed by atoms with Crippen LogP contribution in [0.3, 0.4) is 0 Å². The van der Waals surface area contributed by atoms with Crippen LogP contribution in [0, 0.1) is 0 Å². The molecule has 0 aromatic carbocycles. The van der Waals surface area contributed by atoms with Gasteiger partial charge in [-0.1, -0.05) is 13.8 Å². The zero-order chi connectivity index (χ0) is 10.6. The Kier molecular flexibility index (Phi) is 4.51. The van der Waals surface area contributed by atoms with Gasteiger partial charge in [-0.15, -0.1) is 11.3 Å². The highest BCUT2D eigenvalue weighted by Crippen LogP contribution is 2.10. The van der Waals surface area contributed by atoms with Crippen LogP contribution in [-0.4, -0.2) is 30.0 Å². The van der Waals surface area contributed by atoms with E-state index in [4.69, 9.17) is 0 Å². The van der Waals surface area contributed by atoms with Gasteiger partial charge in [0.2, 0.25) is 0 Å². The SMILES string of the molecule is CC(C)NCc1nc(CN(C)C)cs1. The van der Waals surface area contributed by atoms with E-state index in [1.165, 1.54) is 10.7 Å². The van der Waals surface area contributed by atoms with Crippen molar-refractivity contribution in [1.29, 1.82) is 0 Å². The van der Waals surface area contributed by atoms with E-state index in [0.717, 1.165) is 13.1 Å². The van der Waals surface area contributed by atoms with Gasteiger partial charge in [0.15, 0.2) is 0 Å². The summed E-state index contributed by atoms with van der Waals surface area (Å²) in [6.07, 6.45) is 0. The van der Waals surface area contributed by atoms with Crippen LogP contribution in [0.5, 0.6) is 0 Å². The zero-order valence-corrected chi connectivity index (χ0v) is 10.2. The van der Waals surface area contributed by atoms with E-state index >= 15 is 0 Å². The van der Waals surface area contributed by atoms with Gasteiger partial charge in [0, 0.05) is 24.5 Å². The van der Waals surface area contributed by atoms with Crippen molar-refractivity contribution >= 4 is 11.3 Å². The van der Waals surface area contributed by atoms with Gasteiger partial charge in [0.1, 0.15) is 5.01 Å². The summed E-state index contributed by atoms with van der Waals surface area (Å²) in [7, 11) is 4.12. The number of hydrogen-bond acceptors (Lipinski definition) is 4. The van der Waals surface area contributed by atoms with Gasteiger partial charge in [-0.3, -0.25) is 0 Å². The molecule has 0 saturated carbocycles. The Labute approximate surface area is 90.2 Å². The smallest absolute Gasteiger partial charge is 0.107 e. The molecule has 0 bridgehead atoms. The third kappa shape index (κ3) is 4.17. The summed E-state index contributed by atoms with van der Waals surface area (Å²) in [5, 5.41) is 6.68. The van der Waals surface area contributed by atoms with Gasteiger partial charge in [-0.05, 0) is 14.1 Å². The molecule has 1 aromatic heterocycles. The largest absolute Gasteiger partial charge is 0.308 e. The van der Waals surface area contributed by atoms with Crippen molar-refractivity contribution < 1.29 is 0 Å². The molecule has 0 aliphatic heterocycles. The van der Waals surface area contributed by atoms with Crippen LogP contribution < -0.4 is 5.32 Å². The second-order valence-electron chi connectivity index (χ2n) is 4.01. The number of thiazole rings is 1. The summed E-state index contributed by atoms with van der Waals surface area (Å²) >= 11 is 1.73. The molecule has 0 fully saturated rings. The van der Waals surface area contributed by atoms with E-state index in [1.54, 1.807) is 11.3 Å². The highest BCUT2D eigenvalue weighted by molar-refractivity contribution is 7.09. The molecule has 1 rings (SSSR count). The predicted molar refractivity (Wildman–Crippen MR) is 61.5 cm³/mol. The monoisotopic (exact) mass is 213 g/mol. The molecule has 0 aliphatic rings. The standard InChI is InChI=1S/C10H19N3S/c1-8(2)11-5-10-12-9(7-14-10)6-13(3)4/h7-8,11H,5-6H2,1-4H3. The molecule has 0 unspecified atom stereocenters. The molecular formula is C10H19N3S. The maximum Gasteiger partial charge on any atom is 0.107 e. The summed E-state index contributed by atoms with van der Waals surface area (Å²) in [5.41, 5.74) is 1.17. The fourth-order valence-electron chi connectivity index (χ4n) is 1.12. The van der Waals surface area contributed by atoms with E-state index in [2.05, 4.69) is 48.5 Å². The van der Waals surface area contributed by atoms with E-state index in [-0.39, 0.29) is 0 Å². The Balaban J connectivity index is 2.42. The minimum absolute atomic E-state index is 0.524. The normalized spacial score (nSPS) is 11.6. The van der Waals surface area contributed by atoms with E-state index in [1.807, 2.05) is 0 Å². The number of hydrogen-bond donors (Lipinski definition) is 1. The highest BCUT2D eigenvalue weighted by atomic mass is 32.1. The molecule has 0 atom stereocenters. The van der Waals surface area contributed by atoms with E-state index < -0.39 is 0 Å². The number of rotatable bonds is 5. The summed E-state index contributed by atoms with van der Waals surface area (Å²) in [4.78, 5) is 6.67. The Morgan fingerprint density at radius 1 is 1.50 bits per heavy atom. The predicted octanol–water partition coefficient (Wildman–Crippen LogP) is 1.70. The molecule has 1 N–H and O–H groups in total. The number of aromatic nitrogens is 1. The minimum atomic E-state index is 0.524. The quantitative estimate of drug-likeness (QED) is 0.807. The second kappa shape index (κ2) is 5.44. The first kappa shape index (κ1) is 11.6. The van der Waals surface area contributed by atoms with Gasteiger partial charge in [-0.2, -0.15) is 0 Å². The summed E-state index contributed by atoms with van der Waals surface area (Å²) in [5.74, 6) is 0. The Bertz CT molecular complexity index is 268. The molecule has 0 aliphatic carbocycles. The summed E-state index contributed by atoms with van der Waals surface area (Å²) in [6.45, 7) is 6.11. The van der Waals surface area contributed by atoms with Crippen molar-refractivity contribution in [2.24, 2.45) is 0 Å². The average Bonchev–Trinajstić information content (AvgIpc) is 2.47. The van der Waals surface area contributed by atoms with Crippen molar-refractivity contribution in [2.45, 2.75) is 33.0 Å². The lowest BCUT2D eigenvalue weighted by Gasteiger charge is -2.06. The molecule has 14 heavy (non-hydrogen) atoms. The Hall–Kier alpha value is -0.450. The van der Waals surface area contributed by atoms with Crippen LogP contribution in [-0.2, 0) is 13.1 Å². The van der Waals surface area contributed by atoms with Crippen LogP contribution in [0.25, 0.3) is 0 Å². The molecule has 0 amide bonds. The van der Waals surface area contributed by atoms with Crippen molar-refractivity contribution in [3.8, 4) is 0 Å². The summed E-state index contributed by atoms with van der Waals surface area (Å²) < 4.78 is 0. The molecular weight excluding hydrogens is 194 g/mol. The zero-order valence-electron chi connectivity index (χ0n) is 9.37. The molecule has 0 radical (unpaired) electrons. The lowest BCUT2D eigenvalue weighted by Crippen LogP contribution is -2.21. The fraction of sp³-hybridized carbons (Fsp3) is 0.700. The topological polar surface area (TPSA) is 28.2 Å². The van der Waals surface area contributed by atoms with Crippen molar-refractivity contribution in [2.75, 3.05) is 14.1 Å². The average molecular weight is 213 g/mol. The van der Waals surface area contributed by atoms with E-state index in [0.29, 0.717) is 6.04 Å². The summed E-state index contributed by atoms with van der Waals surface area (Å²) in [6, 6.07) is 0.524. The first-order valence-electron chi connectivity index (χ1n) is 4.89. The van der Waals surface area contributed by atoms with Crippen molar-refractivity contribution in [1.82, 2.24) is 15.2 Å². The minimum Gasteiger partial charge on any atom is -0.308 e. The molecule has 3 nitrogen and oxygen atoms in total. The van der Waals surface area contributed by atoms with Crippen LogP contribution in [0.2, 0.25) is 0 Å². The molecule has 0 spiro atoms. The molecule has 1 aromatic rings. The van der Waals surface area contributed by atoms with Gasteiger partial charge in [-0.25, -0.2) is 4.98 Å². The molecule has 80 valence electrons. The van der Waals surface area contributed by atoms with Gasteiger partial charge in [0.25, 0.3) is 0 Å². The highest BCUT2D eigenvalue weighted by Gasteiger charge is 2.03. The van der Waals surface area contributed by atoms with E-state index in [9.17, 15) is 0 Å². The molecule has 0 saturated heterocycles. The van der Waals surface area contributed by atoms with Crippen LogP contribution in [0.4, 0.5) is 0 Å². The number of nitrogens with one attached hydrogen (secondary N) is 1. The van der Waals surface area contributed by atoms with Gasteiger partial charge >= 0.3 is 0 Å². The Morgan fingerprint density at radius 2 is 2.21 bits per heavy atom. The van der Waals surface area contributed by atoms with Gasteiger partial charge in [0.05, 0.1) is 5.69 Å². The molecule has 4 heteroatoms. The maximum atomic E-state index is 4.54. The van der Waals surface area contributed by atoms with Crippen LogP contribution in [0.15, 0.2) is 5.38 Å².